The van der Waals surface area contributed by atoms with Gasteiger partial charge in [0.2, 0.25) is 5.91 Å². The molecule has 0 atom stereocenters. The van der Waals surface area contributed by atoms with Crippen molar-refractivity contribution in [2.45, 2.75) is 38.0 Å². The number of thioether (sulfide) groups is 1. The number of rotatable bonds is 8. The number of aryl methyl sites for hydroxylation is 2. The average molecular weight is 295 g/mol. The largest absolute Gasteiger partial charge is 0.396 e. The summed E-state index contributed by atoms with van der Waals surface area (Å²) in [5.41, 5.74) is 2.45. The average Bonchev–Trinajstić information content (AvgIpc) is 2.44. The Morgan fingerprint density at radius 3 is 2.70 bits per heavy atom. The highest BCUT2D eigenvalue weighted by Gasteiger charge is 2.10. The third-order valence-electron chi connectivity index (χ3n) is 3.27. The summed E-state index contributed by atoms with van der Waals surface area (Å²) in [5.74, 6) is 0.653. The highest BCUT2D eigenvalue weighted by atomic mass is 32.2. The first-order chi connectivity index (χ1) is 9.54. The number of carbonyl (C=O) groups excluding carboxylic acids is 1. The Morgan fingerprint density at radius 1 is 1.25 bits per heavy atom. The van der Waals surface area contributed by atoms with Gasteiger partial charge in [0, 0.05) is 25.1 Å². The second-order valence-electron chi connectivity index (χ2n) is 5.16. The molecule has 1 aromatic carbocycles. The minimum Gasteiger partial charge on any atom is -0.396 e. The van der Waals surface area contributed by atoms with E-state index >= 15 is 0 Å². The molecule has 0 spiro atoms. The fourth-order valence-electron chi connectivity index (χ4n) is 1.87. The second-order valence-corrected chi connectivity index (χ2v) is 6.17. The molecular formula is C16H25NO2S. The van der Waals surface area contributed by atoms with Crippen LogP contribution in [0, 0.1) is 13.8 Å². The zero-order valence-electron chi connectivity index (χ0n) is 12.7. The van der Waals surface area contributed by atoms with E-state index in [1.54, 1.807) is 16.7 Å². The molecule has 0 saturated heterocycles. The number of unbranched alkanes of at least 4 members (excludes halogenated alkanes) is 2. The molecule has 1 N–H and O–H groups in total. The first-order valence-electron chi connectivity index (χ1n) is 7.09. The Labute approximate surface area is 126 Å². The lowest BCUT2D eigenvalue weighted by Gasteiger charge is -2.17. The van der Waals surface area contributed by atoms with E-state index in [0.717, 1.165) is 25.8 Å². The predicted octanol–water partition coefficient (Wildman–Crippen LogP) is 3.02. The van der Waals surface area contributed by atoms with Crippen LogP contribution in [0.4, 0.5) is 0 Å². The summed E-state index contributed by atoms with van der Waals surface area (Å²) in [4.78, 5) is 15.0. The topological polar surface area (TPSA) is 40.5 Å². The molecule has 1 aromatic rings. The van der Waals surface area contributed by atoms with Gasteiger partial charge in [-0.2, -0.15) is 0 Å². The van der Waals surface area contributed by atoms with E-state index in [0.29, 0.717) is 5.75 Å². The van der Waals surface area contributed by atoms with Gasteiger partial charge in [0.05, 0.1) is 5.75 Å². The van der Waals surface area contributed by atoms with Gasteiger partial charge in [-0.3, -0.25) is 4.79 Å². The van der Waals surface area contributed by atoms with Crippen molar-refractivity contribution in [2.24, 2.45) is 0 Å². The summed E-state index contributed by atoms with van der Waals surface area (Å²) in [6, 6.07) is 6.32. The van der Waals surface area contributed by atoms with E-state index in [9.17, 15) is 4.79 Å². The molecule has 0 aromatic heterocycles. The Morgan fingerprint density at radius 2 is 2.00 bits per heavy atom. The van der Waals surface area contributed by atoms with E-state index in [1.165, 1.54) is 16.0 Å². The molecule has 0 heterocycles. The molecule has 1 rings (SSSR count). The van der Waals surface area contributed by atoms with Crippen molar-refractivity contribution in [3.05, 3.63) is 29.3 Å². The van der Waals surface area contributed by atoms with Crippen LogP contribution in [0.3, 0.4) is 0 Å². The summed E-state index contributed by atoms with van der Waals surface area (Å²) < 4.78 is 0. The number of aliphatic hydroxyl groups is 1. The van der Waals surface area contributed by atoms with Gasteiger partial charge in [0.1, 0.15) is 0 Å². The van der Waals surface area contributed by atoms with Crippen molar-refractivity contribution in [2.75, 3.05) is 26.0 Å². The van der Waals surface area contributed by atoms with Crippen LogP contribution in [-0.2, 0) is 4.79 Å². The number of hydrogen-bond acceptors (Lipinski definition) is 3. The lowest BCUT2D eigenvalue weighted by atomic mass is 10.2. The predicted molar refractivity (Wildman–Crippen MR) is 85.2 cm³/mol. The molecule has 0 saturated carbocycles. The molecule has 112 valence electrons. The minimum absolute atomic E-state index is 0.167. The third kappa shape index (κ3) is 5.97. The van der Waals surface area contributed by atoms with E-state index < -0.39 is 0 Å². The number of hydrogen-bond donors (Lipinski definition) is 1. The highest BCUT2D eigenvalue weighted by molar-refractivity contribution is 8.00. The number of aliphatic hydroxyl groups excluding tert-OH is 1. The fourth-order valence-corrected chi connectivity index (χ4v) is 2.94. The Balaban J connectivity index is 2.36. The quantitative estimate of drug-likeness (QED) is 0.592. The smallest absolute Gasteiger partial charge is 0.232 e. The minimum atomic E-state index is 0.167. The van der Waals surface area contributed by atoms with Crippen molar-refractivity contribution in [3.8, 4) is 0 Å². The van der Waals surface area contributed by atoms with Gasteiger partial charge in [-0.1, -0.05) is 17.7 Å². The molecule has 0 radical (unpaired) electrons. The lowest BCUT2D eigenvalue weighted by Crippen LogP contribution is -2.29. The van der Waals surface area contributed by atoms with Crippen molar-refractivity contribution < 1.29 is 9.90 Å². The third-order valence-corrected chi connectivity index (χ3v) is 4.41. The van der Waals surface area contributed by atoms with Crippen molar-refractivity contribution >= 4 is 17.7 Å². The van der Waals surface area contributed by atoms with Gasteiger partial charge in [0.15, 0.2) is 0 Å². The van der Waals surface area contributed by atoms with Gasteiger partial charge >= 0.3 is 0 Å². The molecule has 0 bridgehead atoms. The maximum Gasteiger partial charge on any atom is 0.232 e. The number of benzene rings is 1. The molecule has 4 heteroatoms. The van der Waals surface area contributed by atoms with Gasteiger partial charge in [-0.05, 0) is 44.7 Å². The van der Waals surface area contributed by atoms with Crippen LogP contribution < -0.4 is 0 Å². The fraction of sp³-hybridized carbons (Fsp3) is 0.562. The molecule has 3 nitrogen and oxygen atoms in total. The molecule has 0 unspecified atom stereocenters. The van der Waals surface area contributed by atoms with E-state index in [-0.39, 0.29) is 12.5 Å². The zero-order chi connectivity index (χ0) is 15.0. The molecule has 0 fully saturated rings. The van der Waals surface area contributed by atoms with Crippen LogP contribution in [0.2, 0.25) is 0 Å². The zero-order valence-corrected chi connectivity index (χ0v) is 13.5. The highest BCUT2D eigenvalue weighted by Crippen LogP contribution is 2.23. The van der Waals surface area contributed by atoms with Crippen LogP contribution in [0.5, 0.6) is 0 Å². The van der Waals surface area contributed by atoms with Crippen molar-refractivity contribution in [3.63, 3.8) is 0 Å². The SMILES string of the molecule is Cc1ccc(C)c(SCC(=O)N(C)CCCCCO)c1. The van der Waals surface area contributed by atoms with Crippen LogP contribution in [0.1, 0.15) is 30.4 Å². The standard InChI is InChI=1S/C16H25NO2S/c1-13-7-8-14(2)15(11-13)20-12-16(19)17(3)9-5-4-6-10-18/h7-8,11,18H,4-6,9-10,12H2,1-3H3. The first kappa shape index (κ1) is 17.1. The maximum atomic E-state index is 12.0. The van der Waals surface area contributed by atoms with Gasteiger partial charge in [0.25, 0.3) is 0 Å². The molecule has 0 aliphatic heterocycles. The first-order valence-corrected chi connectivity index (χ1v) is 8.08. The maximum absolute atomic E-state index is 12.0. The van der Waals surface area contributed by atoms with Gasteiger partial charge < -0.3 is 10.0 Å². The van der Waals surface area contributed by atoms with Crippen LogP contribution in [-0.4, -0.2) is 41.9 Å². The van der Waals surface area contributed by atoms with Crippen molar-refractivity contribution in [1.82, 2.24) is 4.90 Å². The molecule has 20 heavy (non-hydrogen) atoms. The Bertz CT molecular complexity index is 434. The normalized spacial score (nSPS) is 10.6. The summed E-state index contributed by atoms with van der Waals surface area (Å²) >= 11 is 1.61. The number of amides is 1. The van der Waals surface area contributed by atoms with E-state index in [1.807, 2.05) is 7.05 Å². The van der Waals surface area contributed by atoms with Crippen LogP contribution in [0.15, 0.2) is 23.1 Å². The van der Waals surface area contributed by atoms with Crippen molar-refractivity contribution in [1.29, 1.82) is 0 Å². The monoisotopic (exact) mass is 295 g/mol. The summed E-state index contributed by atoms with van der Waals surface area (Å²) in [6.45, 7) is 5.15. The summed E-state index contributed by atoms with van der Waals surface area (Å²) in [6.07, 6.45) is 2.74. The Kier molecular flexibility index (Phi) is 7.70. The second kappa shape index (κ2) is 9.03. The van der Waals surface area contributed by atoms with Gasteiger partial charge in [-0.15, -0.1) is 11.8 Å². The molecule has 1 amide bonds. The van der Waals surface area contributed by atoms with E-state index in [2.05, 4.69) is 32.0 Å². The number of carbonyl (C=O) groups is 1. The van der Waals surface area contributed by atoms with Crippen LogP contribution >= 0.6 is 11.8 Å². The van der Waals surface area contributed by atoms with Gasteiger partial charge in [-0.25, -0.2) is 0 Å². The van der Waals surface area contributed by atoms with E-state index in [4.69, 9.17) is 5.11 Å². The number of nitrogens with zero attached hydrogens (tertiary/aromatic N) is 1. The molecule has 0 aliphatic carbocycles. The molecular weight excluding hydrogens is 270 g/mol. The lowest BCUT2D eigenvalue weighted by molar-refractivity contribution is -0.127. The Hall–Kier alpha value is -1.00. The summed E-state index contributed by atoms with van der Waals surface area (Å²) in [5, 5.41) is 8.72. The van der Waals surface area contributed by atoms with Crippen LogP contribution in [0.25, 0.3) is 0 Å². The molecule has 0 aliphatic rings. The summed E-state index contributed by atoms with van der Waals surface area (Å²) in [7, 11) is 1.85.